The van der Waals surface area contributed by atoms with Gasteiger partial charge in [0.05, 0.1) is 35.6 Å². The molecule has 0 aliphatic carbocycles. The highest BCUT2D eigenvalue weighted by Crippen LogP contribution is 2.29. The summed E-state index contributed by atoms with van der Waals surface area (Å²) in [6.07, 6.45) is 2.93. The highest BCUT2D eigenvalue weighted by atomic mass is 32.2. The molecule has 0 atom stereocenters. The van der Waals surface area contributed by atoms with E-state index in [1.807, 2.05) is 13.0 Å². The Morgan fingerprint density at radius 2 is 1.94 bits per heavy atom. The summed E-state index contributed by atoms with van der Waals surface area (Å²) in [5.41, 5.74) is 1.86. The van der Waals surface area contributed by atoms with E-state index in [4.69, 9.17) is 9.47 Å². The summed E-state index contributed by atoms with van der Waals surface area (Å²) in [6.45, 7) is 3.61. The zero-order valence-corrected chi connectivity index (χ0v) is 20.3. The summed E-state index contributed by atoms with van der Waals surface area (Å²) in [5.74, 6) is 0.413. The van der Waals surface area contributed by atoms with Crippen LogP contribution in [0.1, 0.15) is 36.6 Å². The van der Waals surface area contributed by atoms with E-state index in [-0.39, 0.29) is 40.1 Å². The SMILES string of the molecule is CCCCS(=O)(=O)Cc1cc(-c2cc(C)c(=O)n(C)c2)nc(Oc2cc(OC)ccc2C#N)n1. The van der Waals surface area contributed by atoms with Gasteiger partial charge in [0.15, 0.2) is 15.6 Å². The molecule has 0 saturated heterocycles. The Hall–Kier alpha value is -3.71. The highest BCUT2D eigenvalue weighted by molar-refractivity contribution is 7.90. The molecular weight excluding hydrogens is 456 g/mol. The third kappa shape index (κ3) is 5.99. The molecular formula is C24H26N4O5S. The van der Waals surface area contributed by atoms with E-state index in [2.05, 4.69) is 9.97 Å². The number of aryl methyl sites for hydroxylation is 2. The van der Waals surface area contributed by atoms with Crippen molar-refractivity contribution >= 4 is 9.84 Å². The number of hydrogen-bond donors (Lipinski definition) is 0. The van der Waals surface area contributed by atoms with Crippen molar-refractivity contribution in [3.05, 3.63) is 63.7 Å². The minimum absolute atomic E-state index is 0.0481. The van der Waals surface area contributed by atoms with Crippen LogP contribution in [0.2, 0.25) is 0 Å². The topological polar surface area (TPSA) is 124 Å². The van der Waals surface area contributed by atoms with E-state index in [1.54, 1.807) is 44.4 Å². The zero-order chi connectivity index (χ0) is 24.9. The van der Waals surface area contributed by atoms with Gasteiger partial charge < -0.3 is 14.0 Å². The van der Waals surface area contributed by atoms with Crippen LogP contribution in [0.15, 0.2) is 41.3 Å². The van der Waals surface area contributed by atoms with Crippen LogP contribution in [0.3, 0.4) is 0 Å². The number of pyridine rings is 1. The fourth-order valence-electron chi connectivity index (χ4n) is 3.33. The van der Waals surface area contributed by atoms with E-state index in [0.29, 0.717) is 29.0 Å². The van der Waals surface area contributed by atoms with Gasteiger partial charge >= 0.3 is 6.01 Å². The Morgan fingerprint density at radius 1 is 1.18 bits per heavy atom. The van der Waals surface area contributed by atoms with Gasteiger partial charge in [-0.25, -0.2) is 8.42 Å². The van der Waals surface area contributed by atoms with Crippen LogP contribution in [0.4, 0.5) is 0 Å². The fourth-order valence-corrected chi connectivity index (χ4v) is 4.80. The highest BCUT2D eigenvalue weighted by Gasteiger charge is 2.18. The first-order chi connectivity index (χ1) is 16.2. The standard InChI is InChI=1S/C24H26N4O5S/c1-5-6-9-34(30,31)15-19-11-21(18-10-16(2)23(29)28(3)14-18)27-24(26-19)33-22-12-20(32-4)8-7-17(22)13-25/h7-8,10-12,14H,5-6,9,15H2,1-4H3. The minimum atomic E-state index is -3.41. The summed E-state index contributed by atoms with van der Waals surface area (Å²) in [7, 11) is -0.288. The van der Waals surface area contributed by atoms with Gasteiger partial charge in [0, 0.05) is 30.4 Å². The number of sulfone groups is 1. The summed E-state index contributed by atoms with van der Waals surface area (Å²) in [5, 5.41) is 9.45. The van der Waals surface area contributed by atoms with Gasteiger partial charge in [-0.1, -0.05) is 13.3 Å². The first-order valence-electron chi connectivity index (χ1n) is 10.7. The van der Waals surface area contributed by atoms with Gasteiger partial charge in [-0.05, 0) is 37.6 Å². The van der Waals surface area contributed by atoms with Crippen molar-refractivity contribution in [1.82, 2.24) is 14.5 Å². The molecule has 10 heteroatoms. The number of methoxy groups -OCH3 is 1. The second-order valence-electron chi connectivity index (χ2n) is 7.88. The number of aromatic nitrogens is 3. The molecule has 0 fully saturated rings. The first-order valence-corrected chi connectivity index (χ1v) is 12.5. The van der Waals surface area contributed by atoms with Crippen molar-refractivity contribution in [1.29, 1.82) is 5.26 Å². The predicted molar refractivity (Wildman–Crippen MR) is 128 cm³/mol. The molecule has 178 valence electrons. The molecule has 1 aromatic carbocycles. The van der Waals surface area contributed by atoms with Crippen LogP contribution in [0, 0.1) is 18.3 Å². The molecule has 0 unspecified atom stereocenters. The Morgan fingerprint density at radius 3 is 2.59 bits per heavy atom. The largest absolute Gasteiger partial charge is 0.497 e. The van der Waals surface area contributed by atoms with E-state index >= 15 is 0 Å². The molecule has 0 amide bonds. The van der Waals surface area contributed by atoms with Crippen molar-refractivity contribution < 1.29 is 17.9 Å². The molecule has 3 rings (SSSR count). The summed E-state index contributed by atoms with van der Waals surface area (Å²) < 4.78 is 37.7. The molecule has 2 aromatic heterocycles. The van der Waals surface area contributed by atoms with Crippen LogP contribution in [-0.2, 0) is 22.6 Å². The van der Waals surface area contributed by atoms with Crippen molar-refractivity contribution in [3.8, 4) is 34.8 Å². The third-order valence-corrected chi connectivity index (χ3v) is 6.75. The van der Waals surface area contributed by atoms with Crippen LogP contribution in [0.25, 0.3) is 11.3 Å². The van der Waals surface area contributed by atoms with Gasteiger partial charge in [-0.15, -0.1) is 0 Å². The average Bonchev–Trinajstić information content (AvgIpc) is 2.80. The Labute approximate surface area is 198 Å². The molecule has 34 heavy (non-hydrogen) atoms. The average molecular weight is 483 g/mol. The maximum Gasteiger partial charge on any atom is 0.322 e. The molecule has 2 heterocycles. The van der Waals surface area contributed by atoms with Crippen molar-refractivity contribution in [2.75, 3.05) is 12.9 Å². The van der Waals surface area contributed by atoms with Gasteiger partial charge in [0.1, 0.15) is 11.8 Å². The molecule has 0 N–H and O–H groups in total. The molecule has 0 aliphatic heterocycles. The normalized spacial score (nSPS) is 11.1. The number of nitriles is 1. The molecule has 0 bridgehead atoms. The first kappa shape index (κ1) is 24.9. The Kier molecular flexibility index (Phi) is 7.68. The number of benzene rings is 1. The monoisotopic (exact) mass is 482 g/mol. The number of ether oxygens (including phenoxy) is 2. The Bertz CT molecular complexity index is 1380. The second-order valence-corrected chi connectivity index (χ2v) is 10.1. The second kappa shape index (κ2) is 10.5. The van der Waals surface area contributed by atoms with Crippen molar-refractivity contribution in [3.63, 3.8) is 0 Å². The smallest absolute Gasteiger partial charge is 0.322 e. The van der Waals surface area contributed by atoms with Crippen molar-refractivity contribution in [2.45, 2.75) is 32.4 Å². The number of hydrogen-bond acceptors (Lipinski definition) is 8. The fraction of sp³-hybridized carbons (Fsp3) is 0.333. The number of nitrogens with zero attached hydrogens (tertiary/aromatic N) is 4. The van der Waals surface area contributed by atoms with Gasteiger partial charge in [-0.2, -0.15) is 15.2 Å². The molecule has 3 aromatic rings. The lowest BCUT2D eigenvalue weighted by Gasteiger charge is -2.12. The van der Waals surface area contributed by atoms with Crippen LogP contribution >= 0.6 is 0 Å². The minimum Gasteiger partial charge on any atom is -0.497 e. The Balaban J connectivity index is 2.12. The lowest BCUT2D eigenvalue weighted by molar-refractivity contribution is 0.403. The number of unbranched alkanes of at least 4 members (excludes halogenated alkanes) is 1. The summed E-state index contributed by atoms with van der Waals surface area (Å²) >= 11 is 0. The molecule has 0 radical (unpaired) electrons. The lowest BCUT2D eigenvalue weighted by Crippen LogP contribution is -2.18. The van der Waals surface area contributed by atoms with Gasteiger partial charge in [0.25, 0.3) is 5.56 Å². The maximum atomic E-state index is 12.6. The zero-order valence-electron chi connectivity index (χ0n) is 19.5. The molecule has 0 aliphatic rings. The predicted octanol–water partition coefficient (Wildman–Crippen LogP) is 3.54. The summed E-state index contributed by atoms with van der Waals surface area (Å²) in [4.78, 5) is 20.9. The van der Waals surface area contributed by atoms with Crippen LogP contribution < -0.4 is 15.0 Å². The molecule has 9 nitrogen and oxygen atoms in total. The van der Waals surface area contributed by atoms with Crippen molar-refractivity contribution in [2.24, 2.45) is 7.05 Å². The molecule has 0 spiro atoms. The number of rotatable bonds is 9. The van der Waals surface area contributed by atoms with Gasteiger partial charge in [0.2, 0.25) is 0 Å². The maximum absolute atomic E-state index is 12.6. The van der Waals surface area contributed by atoms with E-state index < -0.39 is 9.84 Å². The lowest BCUT2D eigenvalue weighted by atomic mass is 10.1. The van der Waals surface area contributed by atoms with E-state index in [9.17, 15) is 18.5 Å². The van der Waals surface area contributed by atoms with Crippen LogP contribution in [0.5, 0.6) is 17.5 Å². The van der Waals surface area contributed by atoms with Crippen LogP contribution in [-0.4, -0.2) is 35.8 Å². The van der Waals surface area contributed by atoms with E-state index in [1.165, 1.54) is 17.7 Å². The van der Waals surface area contributed by atoms with Gasteiger partial charge in [-0.3, -0.25) is 4.79 Å². The summed E-state index contributed by atoms with van der Waals surface area (Å²) in [6, 6.07) is 9.88. The molecule has 0 saturated carbocycles. The quantitative estimate of drug-likeness (QED) is 0.454. The third-order valence-electron chi connectivity index (χ3n) is 5.10. The van der Waals surface area contributed by atoms with E-state index in [0.717, 1.165) is 6.42 Å².